The summed E-state index contributed by atoms with van der Waals surface area (Å²) in [5.41, 5.74) is 3.73. The second-order valence-corrected chi connectivity index (χ2v) is 15.0. The third-order valence-electron chi connectivity index (χ3n) is 12.6. The fourth-order valence-electron chi connectivity index (χ4n) is 10.4. The number of allylic oxidation sites excluding steroid dienone is 2. The lowest BCUT2D eigenvalue weighted by molar-refractivity contribution is -0.180. The van der Waals surface area contributed by atoms with Crippen molar-refractivity contribution in [2.45, 2.75) is 138 Å². The fraction of sp³-hybridized carbons (Fsp3) is 0.875. The molecule has 4 nitrogen and oxygen atoms in total. The Morgan fingerprint density at radius 1 is 0.972 bits per heavy atom. The molecular weight excluding hydrogens is 448 g/mol. The topological polar surface area (TPSA) is 55.9 Å². The fourth-order valence-corrected chi connectivity index (χ4v) is 10.4. The Morgan fingerprint density at radius 2 is 1.64 bits per heavy atom. The van der Waals surface area contributed by atoms with Crippen LogP contribution in [0.4, 0.5) is 0 Å². The van der Waals surface area contributed by atoms with Crippen LogP contribution in [0.5, 0.6) is 0 Å². The van der Waals surface area contributed by atoms with E-state index in [2.05, 4.69) is 55.4 Å². The van der Waals surface area contributed by atoms with Crippen molar-refractivity contribution < 1.29 is 19.1 Å². The predicted octanol–water partition coefficient (Wildman–Crippen LogP) is 7.44. The van der Waals surface area contributed by atoms with Crippen molar-refractivity contribution in [2.75, 3.05) is 0 Å². The summed E-state index contributed by atoms with van der Waals surface area (Å²) in [6, 6.07) is 0. The van der Waals surface area contributed by atoms with E-state index in [1.54, 1.807) is 11.1 Å². The first-order chi connectivity index (χ1) is 16.6. The highest BCUT2D eigenvalue weighted by molar-refractivity contribution is 5.85. The van der Waals surface area contributed by atoms with Crippen LogP contribution in [0, 0.1) is 39.4 Å². The molecule has 8 atom stereocenters. The Morgan fingerprint density at radius 3 is 2.25 bits per heavy atom. The summed E-state index contributed by atoms with van der Waals surface area (Å²) < 4.78 is 11.7. The Kier molecular flexibility index (Phi) is 6.00. The van der Waals surface area contributed by atoms with Gasteiger partial charge in [-0.25, -0.2) is 0 Å². The van der Waals surface area contributed by atoms with E-state index >= 15 is 0 Å². The maximum atomic E-state index is 12.9. The number of ketones is 1. The summed E-state index contributed by atoms with van der Waals surface area (Å²) in [4.78, 5) is 24.8. The zero-order chi connectivity index (χ0) is 26.5. The van der Waals surface area contributed by atoms with Crippen molar-refractivity contribution in [2.24, 2.45) is 39.4 Å². The minimum atomic E-state index is -0.209. The average molecular weight is 499 g/mol. The van der Waals surface area contributed by atoms with Gasteiger partial charge in [-0.1, -0.05) is 52.7 Å². The van der Waals surface area contributed by atoms with Crippen LogP contribution in [0.25, 0.3) is 0 Å². The van der Waals surface area contributed by atoms with Gasteiger partial charge in [0.2, 0.25) is 0 Å². The first-order valence-electron chi connectivity index (χ1n) is 14.7. The Balaban J connectivity index is 1.42. The van der Waals surface area contributed by atoms with E-state index in [1.165, 1.54) is 45.4 Å². The number of Topliss-reactive ketones (excluding diaryl/α,β-unsaturated/α-hetero) is 1. The van der Waals surface area contributed by atoms with Gasteiger partial charge in [0.1, 0.15) is 18.0 Å². The number of carbonyl (C=O) groups is 2. The van der Waals surface area contributed by atoms with E-state index in [9.17, 15) is 9.59 Å². The second kappa shape index (κ2) is 8.17. The largest absolute Gasteiger partial charge is 0.460 e. The summed E-state index contributed by atoms with van der Waals surface area (Å²) in [5, 5.41) is 0. The molecular formula is C32H50O4. The average Bonchev–Trinajstić information content (AvgIpc) is 3.25. The van der Waals surface area contributed by atoms with Gasteiger partial charge in [-0.3, -0.25) is 9.59 Å². The highest BCUT2D eigenvalue weighted by Gasteiger charge is 2.67. The number of hydrogen-bond acceptors (Lipinski definition) is 4. The van der Waals surface area contributed by atoms with Gasteiger partial charge in [0, 0.05) is 18.8 Å². The molecule has 0 radical (unpaired) electrons. The summed E-state index contributed by atoms with van der Waals surface area (Å²) >= 11 is 0. The molecule has 1 saturated heterocycles. The number of epoxide rings is 1. The number of carbonyl (C=O) groups excluding carboxylic acids is 2. The normalized spacial score (nSPS) is 44.2. The molecule has 4 aliphatic carbocycles. The number of esters is 1. The lowest BCUT2D eigenvalue weighted by atomic mass is 9.36. The van der Waals surface area contributed by atoms with Gasteiger partial charge in [0.05, 0.1) is 5.60 Å². The standard InChI is InChI=1S/C32H50O4/c1-19(18-23(35-20(2)33)27-29(5,6)36-27)21-12-16-31(8)22(21)10-11-25-30(7)15-14-26(34)28(3,4)24(30)13-17-32(25,31)9/h19,23-25,27H,10-18H2,1-9H3/t19-,23+,24?,25+,27-,30+,31+,32+/m1/s1. The van der Waals surface area contributed by atoms with Crippen LogP contribution in [0.15, 0.2) is 11.1 Å². The first kappa shape index (κ1) is 26.4. The first-order valence-corrected chi connectivity index (χ1v) is 14.7. The Hall–Kier alpha value is -1.16. The summed E-state index contributed by atoms with van der Waals surface area (Å²) in [6.45, 7) is 20.2. The molecule has 1 aliphatic heterocycles. The van der Waals surface area contributed by atoms with E-state index in [0.29, 0.717) is 23.5 Å². The molecule has 4 fully saturated rings. The Bertz CT molecular complexity index is 990. The van der Waals surface area contributed by atoms with Gasteiger partial charge in [0.15, 0.2) is 0 Å². The number of hydrogen-bond donors (Lipinski definition) is 0. The summed E-state index contributed by atoms with van der Waals surface area (Å²) in [7, 11) is 0. The molecule has 5 rings (SSSR count). The maximum absolute atomic E-state index is 12.9. The zero-order valence-electron chi connectivity index (χ0n) is 24.4. The monoisotopic (exact) mass is 498 g/mol. The smallest absolute Gasteiger partial charge is 0.302 e. The minimum absolute atomic E-state index is 0.00286. The molecule has 0 spiro atoms. The lowest BCUT2D eigenvalue weighted by Crippen LogP contribution is -2.62. The summed E-state index contributed by atoms with van der Waals surface area (Å²) in [6.07, 6.45) is 9.76. The van der Waals surface area contributed by atoms with Crippen LogP contribution in [0.1, 0.15) is 120 Å². The molecule has 0 bridgehead atoms. The Labute approximate surface area is 219 Å². The van der Waals surface area contributed by atoms with Crippen molar-refractivity contribution in [1.29, 1.82) is 0 Å². The van der Waals surface area contributed by atoms with Crippen molar-refractivity contribution in [3.8, 4) is 0 Å². The second-order valence-electron chi connectivity index (χ2n) is 15.0. The van der Waals surface area contributed by atoms with E-state index in [0.717, 1.165) is 19.3 Å². The third kappa shape index (κ3) is 3.62. The highest BCUT2D eigenvalue weighted by Crippen LogP contribution is 2.74. The van der Waals surface area contributed by atoms with Crippen LogP contribution < -0.4 is 0 Å². The molecule has 5 aliphatic rings. The molecule has 36 heavy (non-hydrogen) atoms. The van der Waals surface area contributed by atoms with Gasteiger partial charge in [0.25, 0.3) is 0 Å². The molecule has 0 aromatic carbocycles. The summed E-state index contributed by atoms with van der Waals surface area (Å²) in [5.74, 6) is 1.85. The molecule has 202 valence electrons. The van der Waals surface area contributed by atoms with Gasteiger partial charge in [-0.05, 0) is 99.2 Å². The maximum Gasteiger partial charge on any atom is 0.302 e. The molecule has 1 unspecified atom stereocenters. The molecule has 0 aromatic rings. The molecule has 0 amide bonds. The van der Waals surface area contributed by atoms with Gasteiger partial charge < -0.3 is 9.47 Å². The number of rotatable bonds is 5. The van der Waals surface area contributed by atoms with Crippen molar-refractivity contribution in [1.82, 2.24) is 0 Å². The van der Waals surface area contributed by atoms with Crippen molar-refractivity contribution in [3.05, 3.63) is 11.1 Å². The molecule has 0 aromatic heterocycles. The van der Waals surface area contributed by atoms with Gasteiger partial charge >= 0.3 is 5.97 Å². The van der Waals surface area contributed by atoms with Crippen LogP contribution >= 0.6 is 0 Å². The highest BCUT2D eigenvalue weighted by atomic mass is 16.6. The quantitative estimate of drug-likeness (QED) is 0.224. The third-order valence-corrected chi connectivity index (χ3v) is 12.6. The van der Waals surface area contributed by atoms with E-state index < -0.39 is 0 Å². The number of fused-ring (bicyclic) bond motifs is 5. The van der Waals surface area contributed by atoms with Crippen LogP contribution in [-0.4, -0.2) is 29.6 Å². The molecule has 1 heterocycles. The van der Waals surface area contributed by atoms with Crippen molar-refractivity contribution >= 4 is 11.8 Å². The molecule has 4 heteroatoms. The van der Waals surface area contributed by atoms with Crippen molar-refractivity contribution in [3.63, 3.8) is 0 Å². The molecule has 3 saturated carbocycles. The number of ether oxygens (including phenoxy) is 2. The van der Waals surface area contributed by atoms with E-state index in [-0.39, 0.29) is 45.4 Å². The predicted molar refractivity (Wildman–Crippen MR) is 142 cm³/mol. The lowest BCUT2D eigenvalue weighted by Gasteiger charge is -2.68. The van der Waals surface area contributed by atoms with Gasteiger partial charge in [-0.15, -0.1) is 0 Å². The minimum Gasteiger partial charge on any atom is -0.460 e. The van der Waals surface area contributed by atoms with Crippen LogP contribution in [0.3, 0.4) is 0 Å². The van der Waals surface area contributed by atoms with Crippen LogP contribution in [-0.2, 0) is 19.1 Å². The SMILES string of the molecule is CC(=O)O[C@@H](C[C@@H](C)C1=C2CC[C@H]3[C@@]4(C)CCC(=O)C(C)(C)C4CC[C@]3(C)[C@@]2(C)CC1)[C@H]1OC1(C)C. The van der Waals surface area contributed by atoms with E-state index in [4.69, 9.17) is 9.47 Å². The zero-order valence-corrected chi connectivity index (χ0v) is 24.4. The van der Waals surface area contributed by atoms with E-state index in [1.807, 2.05) is 0 Å². The molecule has 0 N–H and O–H groups in total. The van der Waals surface area contributed by atoms with Crippen LogP contribution in [0.2, 0.25) is 0 Å². The van der Waals surface area contributed by atoms with Gasteiger partial charge in [-0.2, -0.15) is 0 Å².